The van der Waals surface area contributed by atoms with Crippen LogP contribution in [0.4, 0.5) is 5.69 Å². The molecule has 0 saturated carbocycles. The van der Waals surface area contributed by atoms with Gasteiger partial charge in [0.15, 0.2) is 0 Å². The number of carbonyl (C=O) groups is 4. The lowest BCUT2D eigenvalue weighted by Gasteiger charge is -2.35. The number of hydrogen-bond acceptors (Lipinski definition) is 5. The molecule has 1 aromatic carbocycles. The number of anilines is 1. The van der Waals surface area contributed by atoms with Crippen LogP contribution in [0.3, 0.4) is 0 Å². The fourth-order valence-electron chi connectivity index (χ4n) is 3.46. The highest BCUT2D eigenvalue weighted by atomic mass is 32.2. The van der Waals surface area contributed by atoms with Crippen molar-refractivity contribution in [1.29, 1.82) is 0 Å². The van der Waals surface area contributed by atoms with Crippen LogP contribution in [0.15, 0.2) is 29.2 Å². The van der Waals surface area contributed by atoms with E-state index in [1.54, 1.807) is 16.7 Å². The Bertz CT molecular complexity index is 783. The zero-order valence-corrected chi connectivity index (χ0v) is 16.8. The highest BCUT2D eigenvalue weighted by Crippen LogP contribution is 2.28. The summed E-state index contributed by atoms with van der Waals surface area (Å²) in [5, 5.41) is 2.49. The molecule has 1 aromatic rings. The summed E-state index contributed by atoms with van der Waals surface area (Å²) in [6.45, 7) is 0.957. The average Bonchev–Trinajstić information content (AvgIpc) is 3.10. The van der Waals surface area contributed by atoms with Crippen molar-refractivity contribution in [2.24, 2.45) is 5.92 Å². The summed E-state index contributed by atoms with van der Waals surface area (Å²) < 4.78 is 0. The zero-order valence-electron chi connectivity index (χ0n) is 16.0. The van der Waals surface area contributed by atoms with Gasteiger partial charge in [-0.15, -0.1) is 11.8 Å². The summed E-state index contributed by atoms with van der Waals surface area (Å²) >= 11 is 1.63. The third-order valence-electron chi connectivity index (χ3n) is 5.10. The Morgan fingerprint density at radius 2 is 1.86 bits per heavy atom. The Hall–Kier alpha value is -2.55. The van der Waals surface area contributed by atoms with Crippen molar-refractivity contribution >= 4 is 41.1 Å². The normalized spacial score (nSPS) is 19.9. The van der Waals surface area contributed by atoms with E-state index in [1.165, 1.54) is 16.8 Å². The molecule has 1 atom stereocenters. The van der Waals surface area contributed by atoms with Gasteiger partial charge in [-0.1, -0.05) is 0 Å². The van der Waals surface area contributed by atoms with Gasteiger partial charge in [0.25, 0.3) is 0 Å². The first kappa shape index (κ1) is 20.2. The summed E-state index contributed by atoms with van der Waals surface area (Å²) in [6.07, 6.45) is 2.14. The van der Waals surface area contributed by atoms with Crippen LogP contribution in [0.2, 0.25) is 0 Å². The third kappa shape index (κ3) is 4.30. The van der Waals surface area contributed by atoms with Crippen molar-refractivity contribution in [3.8, 4) is 0 Å². The van der Waals surface area contributed by atoms with Gasteiger partial charge < -0.3 is 20.0 Å². The lowest BCUT2D eigenvalue weighted by Crippen LogP contribution is -2.55. The van der Waals surface area contributed by atoms with E-state index in [0.717, 1.165) is 10.6 Å². The molecule has 2 fully saturated rings. The van der Waals surface area contributed by atoms with Gasteiger partial charge in [-0.2, -0.15) is 0 Å². The summed E-state index contributed by atoms with van der Waals surface area (Å²) in [5.41, 5.74) is 0.782. The molecule has 3 rings (SSSR count). The van der Waals surface area contributed by atoms with Crippen molar-refractivity contribution in [3.05, 3.63) is 24.3 Å². The zero-order chi connectivity index (χ0) is 20.3. The smallest absolute Gasteiger partial charge is 0.242 e. The molecule has 2 aliphatic heterocycles. The molecular formula is C19H24N4O4S. The molecule has 9 heteroatoms. The molecule has 2 heterocycles. The highest BCUT2D eigenvalue weighted by molar-refractivity contribution is 7.98. The van der Waals surface area contributed by atoms with Crippen LogP contribution in [-0.2, 0) is 19.2 Å². The van der Waals surface area contributed by atoms with E-state index < -0.39 is 5.92 Å². The number of carbonyl (C=O) groups excluding carboxylic acids is 4. The Labute approximate surface area is 168 Å². The Morgan fingerprint density at radius 1 is 1.14 bits per heavy atom. The van der Waals surface area contributed by atoms with Crippen LogP contribution in [0.25, 0.3) is 0 Å². The third-order valence-corrected chi connectivity index (χ3v) is 5.85. The summed E-state index contributed by atoms with van der Waals surface area (Å²) in [6, 6.07) is 7.68. The molecular weight excluding hydrogens is 380 g/mol. The molecule has 2 saturated heterocycles. The predicted molar refractivity (Wildman–Crippen MR) is 106 cm³/mol. The topological polar surface area (TPSA) is 90.0 Å². The van der Waals surface area contributed by atoms with E-state index in [9.17, 15) is 19.2 Å². The molecule has 2 aliphatic rings. The van der Waals surface area contributed by atoms with Gasteiger partial charge >= 0.3 is 0 Å². The van der Waals surface area contributed by atoms with Gasteiger partial charge in [-0.3, -0.25) is 19.2 Å². The second-order valence-electron chi connectivity index (χ2n) is 6.85. The van der Waals surface area contributed by atoms with Crippen molar-refractivity contribution in [2.75, 3.05) is 50.9 Å². The molecule has 4 amide bonds. The molecule has 150 valence electrons. The molecule has 8 nitrogen and oxygen atoms in total. The minimum absolute atomic E-state index is 0.000896. The maximum atomic E-state index is 12.8. The minimum atomic E-state index is -0.453. The van der Waals surface area contributed by atoms with Crippen LogP contribution in [0.5, 0.6) is 0 Å². The van der Waals surface area contributed by atoms with Crippen molar-refractivity contribution in [1.82, 2.24) is 15.1 Å². The highest BCUT2D eigenvalue weighted by Gasteiger charge is 2.39. The van der Waals surface area contributed by atoms with Gasteiger partial charge in [-0.25, -0.2) is 0 Å². The van der Waals surface area contributed by atoms with Gasteiger partial charge in [0.1, 0.15) is 0 Å². The lowest BCUT2D eigenvalue weighted by atomic mass is 10.1. The number of thioether (sulfide) groups is 1. The fraction of sp³-hybridized carbons (Fsp3) is 0.474. The minimum Gasteiger partial charge on any atom is -0.358 e. The quantitative estimate of drug-likeness (QED) is 0.707. The molecule has 0 unspecified atom stereocenters. The van der Waals surface area contributed by atoms with E-state index in [4.69, 9.17) is 0 Å². The number of rotatable bonds is 5. The van der Waals surface area contributed by atoms with Gasteiger partial charge in [-0.05, 0) is 30.5 Å². The van der Waals surface area contributed by atoms with E-state index in [0.29, 0.717) is 19.6 Å². The van der Waals surface area contributed by atoms with Crippen LogP contribution in [0, 0.1) is 5.92 Å². The maximum Gasteiger partial charge on any atom is 0.242 e. The average molecular weight is 404 g/mol. The first-order chi connectivity index (χ1) is 13.4. The maximum absolute atomic E-state index is 12.8. The van der Waals surface area contributed by atoms with Crippen molar-refractivity contribution in [3.63, 3.8) is 0 Å². The largest absolute Gasteiger partial charge is 0.358 e. The van der Waals surface area contributed by atoms with E-state index in [-0.39, 0.29) is 43.1 Å². The van der Waals surface area contributed by atoms with Gasteiger partial charge in [0.05, 0.1) is 19.0 Å². The summed E-state index contributed by atoms with van der Waals surface area (Å²) in [4.78, 5) is 54.7. The summed E-state index contributed by atoms with van der Waals surface area (Å²) in [5.74, 6) is -1.20. The number of nitrogens with one attached hydrogen (secondary N) is 1. The van der Waals surface area contributed by atoms with Crippen LogP contribution in [-0.4, -0.2) is 79.5 Å². The SMILES string of the molecule is CNC(=O)CN1CCN(C(=O)[C@@H]2CC(=O)N(c3ccc(SC)cc3)C2)CC1=O. The Morgan fingerprint density at radius 3 is 2.46 bits per heavy atom. The molecule has 0 spiro atoms. The first-order valence-electron chi connectivity index (χ1n) is 9.14. The first-order valence-corrected chi connectivity index (χ1v) is 10.4. The van der Waals surface area contributed by atoms with Gasteiger partial charge in [0.2, 0.25) is 23.6 Å². The molecule has 0 aromatic heterocycles. The Balaban J connectivity index is 1.60. The monoisotopic (exact) mass is 404 g/mol. The second-order valence-corrected chi connectivity index (χ2v) is 7.73. The van der Waals surface area contributed by atoms with E-state index in [1.807, 2.05) is 30.5 Å². The van der Waals surface area contributed by atoms with Gasteiger partial charge in [0, 0.05) is 43.7 Å². The van der Waals surface area contributed by atoms with E-state index in [2.05, 4.69) is 5.32 Å². The lowest BCUT2D eigenvalue weighted by molar-refractivity contribution is -0.148. The number of amides is 4. The number of piperazine rings is 1. The van der Waals surface area contributed by atoms with Crippen LogP contribution in [0.1, 0.15) is 6.42 Å². The van der Waals surface area contributed by atoms with Crippen LogP contribution >= 0.6 is 11.8 Å². The fourth-order valence-corrected chi connectivity index (χ4v) is 3.87. The summed E-state index contributed by atoms with van der Waals surface area (Å²) in [7, 11) is 1.52. The van der Waals surface area contributed by atoms with Crippen molar-refractivity contribution < 1.29 is 19.2 Å². The number of hydrogen-bond donors (Lipinski definition) is 1. The Kier molecular flexibility index (Phi) is 6.23. The van der Waals surface area contributed by atoms with E-state index >= 15 is 0 Å². The molecule has 0 radical (unpaired) electrons. The second kappa shape index (κ2) is 8.64. The standard InChI is InChI=1S/C19H24N4O4S/c1-20-16(24)11-21-7-8-22(12-18(21)26)19(27)13-9-17(25)23(10-13)14-3-5-15(28-2)6-4-14/h3-6,13H,7-12H2,1-2H3,(H,20,24)/t13-/m1/s1. The van der Waals surface area contributed by atoms with Crippen molar-refractivity contribution in [2.45, 2.75) is 11.3 Å². The molecule has 0 bridgehead atoms. The predicted octanol–water partition coefficient (Wildman–Crippen LogP) is 0.178. The number of benzene rings is 1. The molecule has 1 N–H and O–H groups in total. The molecule has 0 aliphatic carbocycles. The molecule has 28 heavy (non-hydrogen) atoms. The van der Waals surface area contributed by atoms with Crippen LogP contribution < -0.4 is 10.2 Å². The number of nitrogens with zero attached hydrogens (tertiary/aromatic N) is 3. The number of likely N-dealkylation sites (N-methyl/N-ethyl adjacent to an activating group) is 1.